The van der Waals surface area contributed by atoms with Gasteiger partial charge in [-0.15, -0.1) is 5.10 Å². The van der Waals surface area contributed by atoms with E-state index in [2.05, 4.69) is 20.5 Å². The summed E-state index contributed by atoms with van der Waals surface area (Å²) in [6, 6.07) is 7.51. The summed E-state index contributed by atoms with van der Waals surface area (Å²) < 4.78 is 7.11. The van der Waals surface area contributed by atoms with E-state index in [-0.39, 0.29) is 11.9 Å². The first-order valence-corrected chi connectivity index (χ1v) is 9.81. The van der Waals surface area contributed by atoms with Gasteiger partial charge in [0.25, 0.3) is 5.89 Å². The summed E-state index contributed by atoms with van der Waals surface area (Å²) >= 11 is 6.01. The molecule has 2 aliphatic rings. The molecular formula is C19H19ClN6O2. The lowest BCUT2D eigenvalue weighted by molar-refractivity contribution is -0.129. The number of amides is 1. The number of rotatable bonds is 5. The second-order valence-electron chi connectivity index (χ2n) is 7.40. The van der Waals surface area contributed by atoms with Crippen molar-refractivity contribution >= 4 is 17.5 Å². The van der Waals surface area contributed by atoms with Crippen LogP contribution >= 0.6 is 11.6 Å². The Hall–Kier alpha value is -2.74. The van der Waals surface area contributed by atoms with Crippen LogP contribution in [0.1, 0.15) is 42.6 Å². The van der Waals surface area contributed by atoms with Crippen LogP contribution in [-0.4, -0.2) is 49.0 Å². The molecule has 1 aromatic carbocycles. The number of benzene rings is 1. The van der Waals surface area contributed by atoms with Gasteiger partial charge in [-0.25, -0.2) is 4.68 Å². The van der Waals surface area contributed by atoms with Crippen molar-refractivity contribution in [3.63, 3.8) is 0 Å². The molecule has 0 radical (unpaired) electrons. The van der Waals surface area contributed by atoms with Gasteiger partial charge in [-0.1, -0.05) is 34.1 Å². The molecule has 1 amide bonds. The molecule has 3 aromatic rings. The fourth-order valence-electron chi connectivity index (χ4n) is 3.52. The molecule has 0 spiro atoms. The highest BCUT2D eigenvalue weighted by atomic mass is 35.5. The van der Waals surface area contributed by atoms with Crippen LogP contribution in [0.15, 0.2) is 35.0 Å². The second kappa shape index (κ2) is 7.01. The number of hydrogen-bond donors (Lipinski definition) is 0. The summed E-state index contributed by atoms with van der Waals surface area (Å²) in [6.07, 6.45) is 5.24. The number of halogens is 1. The zero-order valence-electron chi connectivity index (χ0n) is 15.2. The molecule has 2 aromatic heterocycles. The van der Waals surface area contributed by atoms with Crippen LogP contribution in [0.4, 0.5) is 0 Å². The van der Waals surface area contributed by atoms with E-state index in [4.69, 9.17) is 16.1 Å². The van der Waals surface area contributed by atoms with E-state index in [1.165, 1.54) is 0 Å². The van der Waals surface area contributed by atoms with E-state index in [9.17, 15) is 4.79 Å². The molecule has 1 saturated carbocycles. The third kappa shape index (κ3) is 3.52. The Morgan fingerprint density at radius 3 is 3.00 bits per heavy atom. The fourth-order valence-corrected chi connectivity index (χ4v) is 3.73. The molecule has 1 aliphatic heterocycles. The minimum atomic E-state index is 0.0929. The van der Waals surface area contributed by atoms with Gasteiger partial charge in [-0.3, -0.25) is 4.79 Å². The van der Waals surface area contributed by atoms with Gasteiger partial charge in [0.2, 0.25) is 5.91 Å². The fraction of sp³-hybridized carbons (Fsp3) is 0.421. The van der Waals surface area contributed by atoms with Crippen molar-refractivity contribution in [1.29, 1.82) is 0 Å². The maximum absolute atomic E-state index is 12.6. The Bertz CT molecular complexity index is 1010. The second-order valence-corrected chi connectivity index (χ2v) is 7.84. The number of aromatic nitrogens is 5. The van der Waals surface area contributed by atoms with Crippen molar-refractivity contribution in [3.05, 3.63) is 46.9 Å². The maximum Gasteiger partial charge on any atom is 0.280 e. The number of carbonyl (C=O) groups is 1. The monoisotopic (exact) mass is 398 g/mol. The molecule has 0 bridgehead atoms. The van der Waals surface area contributed by atoms with Gasteiger partial charge in [0.1, 0.15) is 0 Å². The van der Waals surface area contributed by atoms with E-state index < -0.39 is 0 Å². The normalized spacial score (nSPS) is 19.3. The quantitative estimate of drug-likeness (QED) is 0.656. The maximum atomic E-state index is 12.6. The summed E-state index contributed by atoms with van der Waals surface area (Å²) in [5.41, 5.74) is 1.50. The first-order chi connectivity index (χ1) is 13.7. The van der Waals surface area contributed by atoms with E-state index in [1.54, 1.807) is 10.7 Å². The van der Waals surface area contributed by atoms with Crippen molar-refractivity contribution in [2.75, 3.05) is 13.1 Å². The lowest BCUT2D eigenvalue weighted by Crippen LogP contribution is -2.30. The Morgan fingerprint density at radius 2 is 2.18 bits per heavy atom. The first kappa shape index (κ1) is 17.4. The topological polar surface area (TPSA) is 89.9 Å². The van der Waals surface area contributed by atoms with Crippen LogP contribution in [0, 0.1) is 0 Å². The number of carbonyl (C=O) groups excluding carboxylic acids is 1. The van der Waals surface area contributed by atoms with Gasteiger partial charge < -0.3 is 9.42 Å². The molecule has 1 saturated heterocycles. The van der Waals surface area contributed by atoms with Gasteiger partial charge in [0.15, 0.2) is 11.5 Å². The van der Waals surface area contributed by atoms with Crippen LogP contribution in [0.5, 0.6) is 0 Å². The summed E-state index contributed by atoms with van der Waals surface area (Å²) in [5, 5.41) is 13.0. The van der Waals surface area contributed by atoms with Crippen molar-refractivity contribution in [3.8, 4) is 11.6 Å². The minimum Gasteiger partial charge on any atom is -0.340 e. The smallest absolute Gasteiger partial charge is 0.280 e. The molecule has 3 heterocycles. The van der Waals surface area contributed by atoms with Crippen LogP contribution in [0.2, 0.25) is 5.02 Å². The molecule has 8 nitrogen and oxygen atoms in total. The van der Waals surface area contributed by atoms with E-state index in [0.29, 0.717) is 42.0 Å². The zero-order chi connectivity index (χ0) is 19.1. The van der Waals surface area contributed by atoms with Crippen molar-refractivity contribution in [2.45, 2.75) is 37.6 Å². The Labute approximate surface area is 166 Å². The Morgan fingerprint density at radius 1 is 1.29 bits per heavy atom. The molecule has 0 N–H and O–H groups in total. The molecule has 28 heavy (non-hydrogen) atoms. The van der Waals surface area contributed by atoms with Crippen LogP contribution in [-0.2, 0) is 11.2 Å². The minimum absolute atomic E-state index is 0.0929. The highest BCUT2D eigenvalue weighted by Crippen LogP contribution is 2.38. The summed E-state index contributed by atoms with van der Waals surface area (Å²) in [6.45, 7) is 1.31. The third-order valence-corrected chi connectivity index (χ3v) is 5.48. The molecule has 2 fully saturated rings. The van der Waals surface area contributed by atoms with Gasteiger partial charge in [0, 0.05) is 24.0 Å². The van der Waals surface area contributed by atoms with Crippen LogP contribution < -0.4 is 0 Å². The van der Waals surface area contributed by atoms with Crippen LogP contribution in [0.3, 0.4) is 0 Å². The average molecular weight is 399 g/mol. The first-order valence-electron chi connectivity index (χ1n) is 9.44. The summed E-state index contributed by atoms with van der Waals surface area (Å²) in [7, 11) is 0. The van der Waals surface area contributed by atoms with Crippen molar-refractivity contribution < 1.29 is 9.32 Å². The standard InChI is InChI=1S/C19H19ClN6O2/c20-14-3-1-2-12(8-14)9-17(27)25-7-6-15(10-25)26-11-16(22-24-26)19-21-18(23-28-19)13-4-5-13/h1-3,8,11,13,15H,4-7,9-10H2. The molecule has 9 heteroatoms. The Balaban J connectivity index is 1.23. The van der Waals surface area contributed by atoms with Gasteiger partial charge in [-0.05, 0) is 37.0 Å². The highest BCUT2D eigenvalue weighted by molar-refractivity contribution is 6.30. The Kier molecular flexibility index (Phi) is 4.35. The molecule has 1 atom stereocenters. The third-order valence-electron chi connectivity index (χ3n) is 5.25. The van der Waals surface area contributed by atoms with Crippen molar-refractivity contribution in [2.24, 2.45) is 0 Å². The highest BCUT2D eigenvalue weighted by Gasteiger charge is 2.31. The molecule has 5 rings (SSSR count). The zero-order valence-corrected chi connectivity index (χ0v) is 15.9. The lowest BCUT2D eigenvalue weighted by Gasteiger charge is -2.16. The molecule has 144 valence electrons. The molecule has 1 unspecified atom stereocenters. The molecular weight excluding hydrogens is 380 g/mol. The average Bonchev–Trinajstić information content (AvgIpc) is 3.12. The van der Waals surface area contributed by atoms with Gasteiger partial charge >= 0.3 is 0 Å². The number of nitrogens with zero attached hydrogens (tertiary/aromatic N) is 6. The predicted octanol–water partition coefficient (Wildman–Crippen LogP) is 2.88. The largest absolute Gasteiger partial charge is 0.340 e. The van der Waals surface area contributed by atoms with E-state index in [1.807, 2.05) is 29.3 Å². The predicted molar refractivity (Wildman–Crippen MR) is 101 cm³/mol. The van der Waals surface area contributed by atoms with Crippen LogP contribution in [0.25, 0.3) is 11.6 Å². The number of likely N-dealkylation sites (tertiary alicyclic amines) is 1. The molecule has 1 aliphatic carbocycles. The SMILES string of the molecule is O=C(Cc1cccc(Cl)c1)N1CCC(n2cc(-c3nc(C4CC4)no3)nn2)C1. The van der Waals surface area contributed by atoms with E-state index in [0.717, 1.165) is 30.7 Å². The summed E-state index contributed by atoms with van der Waals surface area (Å²) in [4.78, 5) is 18.9. The van der Waals surface area contributed by atoms with E-state index >= 15 is 0 Å². The van der Waals surface area contributed by atoms with Gasteiger partial charge in [-0.2, -0.15) is 4.98 Å². The summed E-state index contributed by atoms with van der Waals surface area (Å²) in [5.74, 6) is 1.68. The van der Waals surface area contributed by atoms with Crippen molar-refractivity contribution in [1.82, 2.24) is 30.0 Å². The van der Waals surface area contributed by atoms with Gasteiger partial charge in [0.05, 0.1) is 18.7 Å². The number of hydrogen-bond acceptors (Lipinski definition) is 6. The lowest BCUT2D eigenvalue weighted by atomic mass is 10.1.